The van der Waals surface area contributed by atoms with E-state index in [2.05, 4.69) is 103 Å². The minimum Gasteiger partial charge on any atom is -0.456 e. The topological polar surface area (TPSA) is 38.9 Å². The Labute approximate surface area is 237 Å². The predicted molar refractivity (Wildman–Crippen MR) is 169 cm³/mol. The van der Waals surface area contributed by atoms with Gasteiger partial charge in [0, 0.05) is 27.5 Å². The van der Waals surface area contributed by atoms with Gasteiger partial charge in [-0.3, -0.25) is 0 Å². The molecule has 41 heavy (non-hydrogen) atoms. The Morgan fingerprint density at radius 3 is 1.88 bits per heavy atom. The van der Waals surface area contributed by atoms with Gasteiger partial charge >= 0.3 is 0 Å². The molecule has 6 aromatic carbocycles. The Kier molecular flexibility index (Phi) is 5.46. The van der Waals surface area contributed by atoms with Crippen molar-refractivity contribution in [2.24, 2.45) is 0 Å². The number of hydrogen-bond donors (Lipinski definition) is 0. The van der Waals surface area contributed by atoms with Crippen molar-refractivity contribution in [3.8, 4) is 45.0 Å². The first-order valence-corrected chi connectivity index (χ1v) is 13.7. The van der Waals surface area contributed by atoms with Crippen molar-refractivity contribution in [3.05, 3.63) is 146 Å². The summed E-state index contributed by atoms with van der Waals surface area (Å²) in [5.41, 5.74) is 8.66. The van der Waals surface area contributed by atoms with Crippen molar-refractivity contribution in [2.45, 2.75) is 0 Å². The fourth-order valence-corrected chi connectivity index (χ4v) is 5.65. The molecule has 192 valence electrons. The zero-order valence-corrected chi connectivity index (χ0v) is 22.2. The highest BCUT2D eigenvalue weighted by Gasteiger charge is 2.19. The van der Waals surface area contributed by atoms with E-state index in [4.69, 9.17) is 14.4 Å². The van der Waals surface area contributed by atoms with Gasteiger partial charge in [0.25, 0.3) is 0 Å². The van der Waals surface area contributed by atoms with E-state index in [-0.39, 0.29) is 0 Å². The van der Waals surface area contributed by atoms with Gasteiger partial charge in [0.2, 0.25) is 0 Å². The number of furan rings is 1. The Hall–Kier alpha value is -5.54. The number of fused-ring (bicyclic) bond motifs is 4. The van der Waals surface area contributed by atoms with Crippen LogP contribution in [-0.2, 0) is 0 Å². The molecule has 0 spiro atoms. The lowest BCUT2D eigenvalue weighted by molar-refractivity contribution is 0.669. The molecule has 0 N–H and O–H groups in total. The Bertz CT molecular complexity index is 2200. The quantitative estimate of drug-likeness (QED) is 0.230. The van der Waals surface area contributed by atoms with Gasteiger partial charge in [-0.2, -0.15) is 0 Å². The molecule has 0 saturated carbocycles. The average Bonchev–Trinajstić information content (AvgIpc) is 3.43. The van der Waals surface area contributed by atoms with E-state index >= 15 is 0 Å². The largest absolute Gasteiger partial charge is 0.456 e. The summed E-state index contributed by atoms with van der Waals surface area (Å²) in [6, 6.07) is 50.2. The van der Waals surface area contributed by atoms with Gasteiger partial charge in [-0.1, -0.05) is 115 Å². The molecule has 0 aliphatic rings. The van der Waals surface area contributed by atoms with Crippen LogP contribution in [0.4, 0.5) is 0 Å². The van der Waals surface area contributed by atoms with Crippen LogP contribution in [0.3, 0.4) is 0 Å². The minimum absolute atomic E-state index is 0.670. The van der Waals surface area contributed by atoms with Crippen LogP contribution in [0.15, 0.2) is 150 Å². The molecule has 0 radical (unpaired) electrons. The molecule has 0 aliphatic carbocycles. The number of para-hydroxylation sites is 1. The maximum atomic E-state index is 6.40. The summed E-state index contributed by atoms with van der Waals surface area (Å²) in [5, 5.41) is 4.46. The van der Waals surface area contributed by atoms with Crippen LogP contribution in [0.1, 0.15) is 0 Å². The number of aromatic nitrogens is 2. The molecule has 0 atom stereocenters. The summed E-state index contributed by atoms with van der Waals surface area (Å²) in [7, 11) is 0. The summed E-state index contributed by atoms with van der Waals surface area (Å²) >= 11 is 0. The van der Waals surface area contributed by atoms with Crippen molar-refractivity contribution in [1.29, 1.82) is 0 Å². The van der Waals surface area contributed by atoms with E-state index in [0.717, 1.165) is 61.1 Å². The summed E-state index contributed by atoms with van der Waals surface area (Å²) in [4.78, 5) is 10.4. The normalized spacial score (nSPS) is 11.4. The smallest absolute Gasteiger partial charge is 0.161 e. The number of nitrogens with zero attached hydrogens (tertiary/aromatic N) is 2. The number of benzene rings is 6. The van der Waals surface area contributed by atoms with E-state index in [9.17, 15) is 0 Å². The van der Waals surface area contributed by atoms with Crippen molar-refractivity contribution in [2.75, 3.05) is 0 Å². The summed E-state index contributed by atoms with van der Waals surface area (Å²) in [6.07, 6.45) is 0. The van der Waals surface area contributed by atoms with Gasteiger partial charge in [0.1, 0.15) is 11.2 Å². The third kappa shape index (κ3) is 4.16. The van der Waals surface area contributed by atoms with Crippen LogP contribution in [-0.4, -0.2) is 9.97 Å². The second-order valence-corrected chi connectivity index (χ2v) is 10.3. The summed E-state index contributed by atoms with van der Waals surface area (Å²) < 4.78 is 6.40. The highest BCUT2D eigenvalue weighted by Crippen LogP contribution is 2.40. The third-order valence-corrected chi connectivity index (χ3v) is 7.67. The minimum atomic E-state index is 0.670. The molecular formula is C38H24N2O. The molecule has 2 aromatic heterocycles. The summed E-state index contributed by atoms with van der Waals surface area (Å²) in [5.74, 6) is 0.670. The second-order valence-electron chi connectivity index (χ2n) is 10.3. The SMILES string of the molecule is c1ccc(-c2cc(-c3nc(-c4ccccc4)cc(-c4ccc5ccccc5c4)n3)c3c(c2)oc2ccccc23)cc1. The molecule has 2 heterocycles. The first kappa shape index (κ1) is 23.4. The fourth-order valence-electron chi connectivity index (χ4n) is 5.65. The fraction of sp³-hybridized carbons (Fsp3) is 0. The lowest BCUT2D eigenvalue weighted by atomic mass is 9.97. The molecule has 0 bridgehead atoms. The first-order chi connectivity index (χ1) is 20.3. The molecule has 3 heteroatoms. The monoisotopic (exact) mass is 524 g/mol. The summed E-state index contributed by atoms with van der Waals surface area (Å²) in [6.45, 7) is 0. The second kappa shape index (κ2) is 9.58. The van der Waals surface area contributed by atoms with Crippen molar-refractivity contribution in [3.63, 3.8) is 0 Å². The van der Waals surface area contributed by atoms with E-state index in [1.165, 1.54) is 10.8 Å². The molecule has 3 nitrogen and oxygen atoms in total. The van der Waals surface area contributed by atoms with Crippen LogP contribution in [0.2, 0.25) is 0 Å². The highest BCUT2D eigenvalue weighted by atomic mass is 16.3. The molecule has 8 rings (SSSR count). The maximum absolute atomic E-state index is 6.40. The van der Waals surface area contributed by atoms with Gasteiger partial charge in [0.05, 0.1) is 11.4 Å². The standard InChI is InChI=1S/C38H24N2O/c1-3-11-25(12-4-1)30-22-32(37-31-17-9-10-18-35(31)41-36(37)23-30)38-39-33(27-14-5-2-6-15-27)24-34(40-38)29-20-19-26-13-7-8-16-28(26)21-29/h1-24H. The van der Waals surface area contributed by atoms with Crippen LogP contribution >= 0.6 is 0 Å². The average molecular weight is 525 g/mol. The third-order valence-electron chi connectivity index (χ3n) is 7.67. The highest BCUT2D eigenvalue weighted by molar-refractivity contribution is 6.13. The van der Waals surface area contributed by atoms with Crippen molar-refractivity contribution >= 4 is 32.7 Å². The molecular weight excluding hydrogens is 500 g/mol. The predicted octanol–water partition coefficient (Wildman–Crippen LogP) is 10.2. The molecule has 8 aromatic rings. The van der Waals surface area contributed by atoms with E-state index in [1.54, 1.807) is 0 Å². The Morgan fingerprint density at radius 2 is 1.07 bits per heavy atom. The Morgan fingerprint density at radius 1 is 0.415 bits per heavy atom. The van der Waals surface area contributed by atoms with Crippen LogP contribution in [0.5, 0.6) is 0 Å². The molecule has 0 unspecified atom stereocenters. The van der Waals surface area contributed by atoms with Gasteiger partial charge in [-0.15, -0.1) is 0 Å². The lowest BCUT2D eigenvalue weighted by Crippen LogP contribution is -1.97. The van der Waals surface area contributed by atoms with E-state index in [1.807, 2.05) is 42.5 Å². The van der Waals surface area contributed by atoms with Crippen LogP contribution in [0.25, 0.3) is 77.7 Å². The molecule has 0 aliphatic heterocycles. The first-order valence-electron chi connectivity index (χ1n) is 13.7. The molecule has 0 amide bonds. The van der Waals surface area contributed by atoms with Crippen molar-refractivity contribution < 1.29 is 4.42 Å². The number of hydrogen-bond acceptors (Lipinski definition) is 3. The van der Waals surface area contributed by atoms with E-state index in [0.29, 0.717) is 5.82 Å². The zero-order chi connectivity index (χ0) is 27.2. The van der Waals surface area contributed by atoms with Crippen LogP contribution in [0, 0.1) is 0 Å². The maximum Gasteiger partial charge on any atom is 0.161 e. The van der Waals surface area contributed by atoms with Crippen LogP contribution < -0.4 is 0 Å². The Balaban J connectivity index is 1.43. The molecule has 0 fully saturated rings. The zero-order valence-electron chi connectivity index (χ0n) is 22.2. The van der Waals surface area contributed by atoms with E-state index < -0.39 is 0 Å². The van der Waals surface area contributed by atoms with Gasteiger partial charge in [-0.25, -0.2) is 9.97 Å². The van der Waals surface area contributed by atoms with Crippen molar-refractivity contribution in [1.82, 2.24) is 9.97 Å². The molecule has 0 saturated heterocycles. The van der Waals surface area contributed by atoms with Gasteiger partial charge < -0.3 is 4.42 Å². The lowest BCUT2D eigenvalue weighted by Gasteiger charge is -2.12. The van der Waals surface area contributed by atoms with Gasteiger partial charge in [0.15, 0.2) is 5.82 Å². The van der Waals surface area contributed by atoms with Gasteiger partial charge in [-0.05, 0) is 52.2 Å². The number of rotatable bonds is 4.